The van der Waals surface area contributed by atoms with E-state index in [1.165, 1.54) is 16.7 Å². The summed E-state index contributed by atoms with van der Waals surface area (Å²) in [5.41, 5.74) is 3.82. The van der Waals surface area contributed by atoms with E-state index in [9.17, 15) is 0 Å². The monoisotopic (exact) mass is 300 g/mol. The minimum Gasteiger partial charge on any atom is -0.490 e. The van der Waals surface area contributed by atoms with E-state index >= 15 is 0 Å². The van der Waals surface area contributed by atoms with Gasteiger partial charge in [0.1, 0.15) is 11.9 Å². The molecule has 1 aliphatic rings. The fourth-order valence-electron chi connectivity index (χ4n) is 3.08. The minimum absolute atomic E-state index is 0.0419. The van der Waals surface area contributed by atoms with Crippen LogP contribution >= 0.6 is 11.6 Å². The summed E-state index contributed by atoms with van der Waals surface area (Å²) >= 11 is 6.62. The van der Waals surface area contributed by atoms with Gasteiger partial charge in [-0.25, -0.2) is 0 Å². The molecule has 0 aromatic heterocycles. The Morgan fingerprint density at radius 1 is 1.19 bits per heavy atom. The number of ether oxygens (including phenoxy) is 1. The minimum atomic E-state index is 0.0419. The van der Waals surface area contributed by atoms with E-state index in [1.54, 1.807) is 0 Å². The fraction of sp³-hybridized carbons (Fsp3) is 0.368. The van der Waals surface area contributed by atoms with Crippen LogP contribution in [0.5, 0.6) is 5.75 Å². The highest BCUT2D eigenvalue weighted by molar-refractivity contribution is 6.21. The Morgan fingerprint density at radius 2 is 1.95 bits per heavy atom. The molecule has 0 saturated heterocycles. The van der Waals surface area contributed by atoms with E-state index < -0.39 is 0 Å². The predicted molar refractivity (Wildman–Crippen MR) is 88.1 cm³/mol. The molecule has 0 amide bonds. The summed E-state index contributed by atoms with van der Waals surface area (Å²) in [5.74, 6) is 1.43. The summed E-state index contributed by atoms with van der Waals surface area (Å²) in [6.07, 6.45) is 2.23. The van der Waals surface area contributed by atoms with Gasteiger partial charge in [0.15, 0.2) is 0 Å². The summed E-state index contributed by atoms with van der Waals surface area (Å²) in [6, 6.07) is 16.7. The van der Waals surface area contributed by atoms with Crippen LogP contribution in [0, 0.1) is 12.8 Å². The molecule has 110 valence electrons. The molecule has 21 heavy (non-hydrogen) atoms. The number of rotatable bonds is 4. The van der Waals surface area contributed by atoms with Gasteiger partial charge in [-0.1, -0.05) is 55.0 Å². The average molecular weight is 301 g/mol. The molecule has 3 unspecified atom stereocenters. The molecular formula is C19H21ClO. The van der Waals surface area contributed by atoms with Gasteiger partial charge in [0.25, 0.3) is 0 Å². The third-order valence-corrected chi connectivity index (χ3v) is 4.89. The highest BCUT2D eigenvalue weighted by Gasteiger charge is 2.27. The molecule has 1 aliphatic heterocycles. The lowest BCUT2D eigenvalue weighted by atomic mass is 9.93. The largest absolute Gasteiger partial charge is 0.490 e. The standard InChI is InChI=1S/C19H21ClO/c1-13-8-9-18-16(10-13)12-17(21-18)11-14(2)19(20)15-6-4-3-5-7-15/h3-10,14,17,19H,11-12H2,1-2H3. The summed E-state index contributed by atoms with van der Waals surface area (Å²) in [6.45, 7) is 4.34. The van der Waals surface area contributed by atoms with Crippen molar-refractivity contribution in [1.29, 1.82) is 0 Å². The lowest BCUT2D eigenvalue weighted by Gasteiger charge is -2.21. The number of hydrogen-bond donors (Lipinski definition) is 0. The Hall–Kier alpha value is -1.47. The second kappa shape index (κ2) is 6.11. The number of fused-ring (bicyclic) bond motifs is 1. The van der Waals surface area contributed by atoms with Gasteiger partial charge in [0, 0.05) is 6.42 Å². The van der Waals surface area contributed by atoms with Crippen molar-refractivity contribution in [2.75, 3.05) is 0 Å². The Balaban J connectivity index is 1.63. The van der Waals surface area contributed by atoms with Gasteiger partial charge in [-0.2, -0.15) is 0 Å². The van der Waals surface area contributed by atoms with Crippen molar-refractivity contribution in [3.05, 3.63) is 65.2 Å². The number of alkyl halides is 1. The maximum atomic E-state index is 6.62. The number of aryl methyl sites for hydroxylation is 1. The number of halogens is 1. The van der Waals surface area contributed by atoms with Crippen LogP contribution in [-0.4, -0.2) is 6.10 Å². The molecule has 3 atom stereocenters. The van der Waals surface area contributed by atoms with E-state index in [0.717, 1.165) is 18.6 Å². The quantitative estimate of drug-likeness (QED) is 0.696. The van der Waals surface area contributed by atoms with Crippen molar-refractivity contribution in [1.82, 2.24) is 0 Å². The molecule has 1 nitrogen and oxygen atoms in total. The molecule has 1 heterocycles. The van der Waals surface area contributed by atoms with Crippen LogP contribution in [-0.2, 0) is 6.42 Å². The summed E-state index contributed by atoms with van der Waals surface area (Å²) in [5, 5.41) is 0.0419. The maximum Gasteiger partial charge on any atom is 0.123 e. The Morgan fingerprint density at radius 3 is 2.71 bits per heavy atom. The zero-order valence-electron chi connectivity index (χ0n) is 12.6. The summed E-state index contributed by atoms with van der Waals surface area (Å²) in [7, 11) is 0. The van der Waals surface area contributed by atoms with E-state index in [-0.39, 0.29) is 11.5 Å². The first kappa shape index (κ1) is 14.5. The fourth-order valence-corrected chi connectivity index (χ4v) is 3.33. The zero-order chi connectivity index (χ0) is 14.8. The third-order valence-electron chi connectivity index (χ3n) is 4.21. The molecule has 0 spiro atoms. The first-order chi connectivity index (χ1) is 10.1. The molecule has 2 aromatic carbocycles. The Bertz CT molecular complexity index is 608. The first-order valence-corrected chi connectivity index (χ1v) is 8.02. The second-order valence-corrected chi connectivity index (χ2v) is 6.55. The van der Waals surface area contributed by atoms with Gasteiger partial charge in [-0.3, -0.25) is 0 Å². The topological polar surface area (TPSA) is 9.23 Å². The zero-order valence-corrected chi connectivity index (χ0v) is 13.3. The highest BCUT2D eigenvalue weighted by atomic mass is 35.5. The van der Waals surface area contributed by atoms with Gasteiger partial charge >= 0.3 is 0 Å². The van der Waals surface area contributed by atoms with Crippen LogP contribution < -0.4 is 4.74 Å². The smallest absolute Gasteiger partial charge is 0.123 e. The van der Waals surface area contributed by atoms with Crippen LogP contribution in [0.3, 0.4) is 0 Å². The normalized spacial score (nSPS) is 19.7. The van der Waals surface area contributed by atoms with Gasteiger partial charge in [0.05, 0.1) is 5.38 Å². The lowest BCUT2D eigenvalue weighted by molar-refractivity contribution is 0.196. The highest BCUT2D eigenvalue weighted by Crippen LogP contribution is 2.36. The van der Waals surface area contributed by atoms with E-state index in [2.05, 4.69) is 44.2 Å². The van der Waals surface area contributed by atoms with Crippen molar-refractivity contribution in [3.8, 4) is 5.75 Å². The molecule has 0 radical (unpaired) electrons. The van der Waals surface area contributed by atoms with E-state index in [0.29, 0.717) is 5.92 Å². The van der Waals surface area contributed by atoms with Gasteiger partial charge in [0.2, 0.25) is 0 Å². The van der Waals surface area contributed by atoms with Crippen molar-refractivity contribution in [3.63, 3.8) is 0 Å². The lowest BCUT2D eigenvalue weighted by Crippen LogP contribution is -2.19. The van der Waals surface area contributed by atoms with Crippen LogP contribution in [0.2, 0.25) is 0 Å². The molecule has 3 rings (SSSR count). The number of hydrogen-bond acceptors (Lipinski definition) is 1. The summed E-state index contributed by atoms with van der Waals surface area (Å²) in [4.78, 5) is 0. The molecule has 0 fully saturated rings. The van der Waals surface area contributed by atoms with Gasteiger partial charge in [-0.15, -0.1) is 11.6 Å². The average Bonchev–Trinajstić information content (AvgIpc) is 2.88. The molecule has 0 saturated carbocycles. The Kier molecular flexibility index (Phi) is 4.21. The molecule has 0 bridgehead atoms. The van der Waals surface area contributed by atoms with Crippen molar-refractivity contribution in [2.45, 2.75) is 38.2 Å². The third kappa shape index (κ3) is 3.24. The maximum absolute atomic E-state index is 6.62. The summed E-state index contributed by atoms with van der Waals surface area (Å²) < 4.78 is 6.06. The van der Waals surface area contributed by atoms with Crippen molar-refractivity contribution < 1.29 is 4.74 Å². The molecule has 0 aliphatic carbocycles. The SMILES string of the molecule is Cc1ccc2c(c1)CC(CC(C)C(Cl)c1ccccc1)O2. The van der Waals surface area contributed by atoms with Crippen molar-refractivity contribution >= 4 is 11.6 Å². The first-order valence-electron chi connectivity index (χ1n) is 7.58. The molecule has 2 aromatic rings. The van der Waals surface area contributed by atoms with Gasteiger partial charge < -0.3 is 4.74 Å². The van der Waals surface area contributed by atoms with E-state index in [4.69, 9.17) is 16.3 Å². The number of benzene rings is 2. The molecule has 0 N–H and O–H groups in total. The molecule has 2 heteroatoms. The van der Waals surface area contributed by atoms with Crippen LogP contribution in [0.15, 0.2) is 48.5 Å². The van der Waals surface area contributed by atoms with Crippen LogP contribution in [0.4, 0.5) is 0 Å². The van der Waals surface area contributed by atoms with Crippen molar-refractivity contribution in [2.24, 2.45) is 5.92 Å². The second-order valence-electron chi connectivity index (χ2n) is 6.08. The van der Waals surface area contributed by atoms with E-state index in [1.807, 2.05) is 18.2 Å². The molecular weight excluding hydrogens is 280 g/mol. The Labute approximate surface area is 131 Å². The predicted octanol–water partition coefficient (Wildman–Crippen LogP) is 5.30. The van der Waals surface area contributed by atoms with Crippen LogP contribution in [0.1, 0.15) is 35.4 Å². The van der Waals surface area contributed by atoms with Gasteiger partial charge in [-0.05, 0) is 36.5 Å². The van der Waals surface area contributed by atoms with Crippen LogP contribution in [0.25, 0.3) is 0 Å².